The van der Waals surface area contributed by atoms with Crippen LogP contribution in [0, 0.1) is 0 Å². The highest BCUT2D eigenvalue weighted by Gasteiger charge is 2.64. The zero-order valence-corrected chi connectivity index (χ0v) is 15.4. The number of anilines is 1. The van der Waals surface area contributed by atoms with Crippen LogP contribution in [0.25, 0.3) is 0 Å². The van der Waals surface area contributed by atoms with Crippen LogP contribution in [-0.4, -0.2) is 24.8 Å². The summed E-state index contributed by atoms with van der Waals surface area (Å²) in [5.41, 5.74) is -6.36. The highest BCUT2D eigenvalue weighted by Crippen LogP contribution is 2.41. The number of carbonyl (C=O) groups is 2. The fourth-order valence-electron chi connectivity index (χ4n) is 2.68. The molecule has 1 unspecified atom stereocenters. The van der Waals surface area contributed by atoms with Crippen molar-refractivity contribution in [1.82, 2.24) is 5.32 Å². The number of amides is 2. The lowest BCUT2D eigenvalue weighted by atomic mass is 9.89. The lowest BCUT2D eigenvalue weighted by Crippen LogP contribution is -2.62. The molecule has 0 saturated heterocycles. The Hall–Kier alpha value is -3.24. The van der Waals surface area contributed by atoms with Crippen LogP contribution in [0.15, 0.2) is 54.6 Å². The van der Waals surface area contributed by atoms with Crippen LogP contribution in [0.2, 0.25) is 0 Å². The average molecular weight is 434 g/mol. The normalized spacial score (nSPS) is 13.8. The number of nitrogens with one attached hydrogen (secondary N) is 2. The van der Waals surface area contributed by atoms with E-state index in [9.17, 15) is 35.9 Å². The van der Waals surface area contributed by atoms with Crippen LogP contribution in [0.1, 0.15) is 18.1 Å². The summed E-state index contributed by atoms with van der Waals surface area (Å²) in [5, 5.41) is 3.21. The van der Waals surface area contributed by atoms with E-state index < -0.39 is 53.3 Å². The van der Waals surface area contributed by atoms with Gasteiger partial charge in [0.15, 0.2) is 0 Å². The van der Waals surface area contributed by atoms with Crippen molar-refractivity contribution in [1.29, 1.82) is 0 Å². The Bertz CT molecular complexity index is 899. The van der Waals surface area contributed by atoms with Gasteiger partial charge in [-0.1, -0.05) is 42.5 Å². The number of urea groups is 1. The van der Waals surface area contributed by atoms with Gasteiger partial charge in [-0.15, -0.1) is 0 Å². The van der Waals surface area contributed by atoms with Crippen molar-refractivity contribution < 1.29 is 40.7 Å². The molecule has 0 aromatic heterocycles. The van der Waals surface area contributed by atoms with Gasteiger partial charge in [-0.25, -0.2) is 9.59 Å². The van der Waals surface area contributed by atoms with Crippen molar-refractivity contribution in [2.24, 2.45) is 0 Å². The number of carbonyl (C=O) groups excluding carboxylic acids is 2. The van der Waals surface area contributed by atoms with Gasteiger partial charge >= 0.3 is 24.4 Å². The Kier molecular flexibility index (Phi) is 6.63. The molecule has 11 heteroatoms. The summed E-state index contributed by atoms with van der Waals surface area (Å²) in [6.45, 7) is 0.841. The van der Waals surface area contributed by atoms with Crippen LogP contribution in [0.3, 0.4) is 0 Å². The highest BCUT2D eigenvalue weighted by molar-refractivity contribution is 5.96. The van der Waals surface area contributed by atoms with E-state index in [1.165, 1.54) is 30.4 Å². The predicted octanol–water partition coefficient (Wildman–Crippen LogP) is 4.85. The first-order valence-electron chi connectivity index (χ1n) is 8.48. The minimum Gasteiger partial charge on any atom is -0.464 e. The maximum absolute atomic E-state index is 14.1. The molecule has 30 heavy (non-hydrogen) atoms. The SMILES string of the molecule is CCOC(=O)C(NC(=O)Nc1ccccc1C(F)(F)F)(c1ccccc1)C(F)(F)F. The second-order valence-electron chi connectivity index (χ2n) is 5.96. The number of ether oxygens (including phenoxy) is 1. The van der Waals surface area contributed by atoms with Gasteiger partial charge in [-0.3, -0.25) is 0 Å². The maximum Gasteiger partial charge on any atom is 0.426 e. The summed E-state index contributed by atoms with van der Waals surface area (Å²) in [6, 6.07) is 7.71. The van der Waals surface area contributed by atoms with Crippen molar-refractivity contribution in [3.05, 3.63) is 65.7 Å². The molecule has 2 aromatic carbocycles. The molecule has 2 N–H and O–H groups in total. The van der Waals surface area contributed by atoms with Crippen LogP contribution < -0.4 is 10.6 Å². The number of esters is 1. The minimum absolute atomic E-state index is 0.427. The molecule has 0 aliphatic heterocycles. The van der Waals surface area contributed by atoms with E-state index in [-0.39, 0.29) is 0 Å². The molecule has 0 saturated carbocycles. The summed E-state index contributed by atoms with van der Waals surface area (Å²) in [5.74, 6) is -1.83. The van der Waals surface area contributed by atoms with Gasteiger partial charge in [0.2, 0.25) is 0 Å². The minimum atomic E-state index is -5.37. The smallest absolute Gasteiger partial charge is 0.426 e. The summed E-state index contributed by atoms with van der Waals surface area (Å²) < 4.78 is 86.1. The van der Waals surface area contributed by atoms with E-state index in [1.54, 1.807) is 5.32 Å². The molecule has 0 aliphatic rings. The number of benzene rings is 2. The molecule has 162 valence electrons. The second kappa shape index (κ2) is 8.64. The van der Waals surface area contributed by atoms with E-state index in [4.69, 9.17) is 0 Å². The third-order valence-electron chi connectivity index (χ3n) is 4.00. The number of halogens is 6. The summed E-state index contributed by atoms with van der Waals surface area (Å²) >= 11 is 0. The molecule has 2 rings (SSSR count). The van der Waals surface area contributed by atoms with Gasteiger partial charge in [0, 0.05) is 0 Å². The Morgan fingerprint density at radius 1 is 0.900 bits per heavy atom. The average Bonchev–Trinajstić information content (AvgIpc) is 2.65. The van der Waals surface area contributed by atoms with Crippen molar-refractivity contribution >= 4 is 17.7 Å². The first-order chi connectivity index (χ1) is 13.9. The fraction of sp³-hybridized carbons (Fsp3) is 0.263. The van der Waals surface area contributed by atoms with Crippen molar-refractivity contribution in [2.75, 3.05) is 11.9 Å². The van der Waals surface area contributed by atoms with Gasteiger partial charge in [-0.05, 0) is 24.6 Å². The molecule has 2 amide bonds. The number of para-hydroxylation sites is 1. The van der Waals surface area contributed by atoms with Gasteiger partial charge in [-0.2, -0.15) is 26.3 Å². The quantitative estimate of drug-likeness (QED) is 0.523. The Morgan fingerprint density at radius 3 is 2.00 bits per heavy atom. The number of alkyl halides is 6. The van der Waals surface area contributed by atoms with Crippen molar-refractivity contribution in [3.8, 4) is 0 Å². The molecule has 0 bridgehead atoms. The highest BCUT2D eigenvalue weighted by atomic mass is 19.4. The van der Waals surface area contributed by atoms with E-state index in [0.29, 0.717) is 6.07 Å². The largest absolute Gasteiger partial charge is 0.464 e. The summed E-state index contributed by atoms with van der Waals surface area (Å²) in [4.78, 5) is 24.7. The van der Waals surface area contributed by atoms with Crippen LogP contribution in [-0.2, 0) is 21.2 Å². The molecule has 0 radical (unpaired) electrons. The molecule has 1 atom stereocenters. The van der Waals surface area contributed by atoms with E-state index in [1.807, 2.05) is 0 Å². The van der Waals surface area contributed by atoms with Gasteiger partial charge in [0.1, 0.15) is 0 Å². The third-order valence-corrected chi connectivity index (χ3v) is 4.00. The molecule has 0 fully saturated rings. The lowest BCUT2D eigenvalue weighted by molar-refractivity contribution is -0.213. The fourth-order valence-corrected chi connectivity index (χ4v) is 2.68. The molecule has 0 spiro atoms. The Morgan fingerprint density at radius 2 is 1.47 bits per heavy atom. The standard InChI is InChI=1S/C19H16F6N2O3/c1-2-30-15(28)17(19(23,24)25,12-8-4-3-5-9-12)27-16(29)26-14-11-7-6-10-13(14)18(20,21)22/h3-11H,2H2,1H3,(H2,26,27,29). The van der Waals surface area contributed by atoms with E-state index >= 15 is 0 Å². The first-order valence-corrected chi connectivity index (χ1v) is 8.48. The lowest BCUT2D eigenvalue weighted by Gasteiger charge is -2.34. The number of hydrogen-bond acceptors (Lipinski definition) is 3. The first kappa shape index (κ1) is 23.0. The van der Waals surface area contributed by atoms with Crippen molar-refractivity contribution in [3.63, 3.8) is 0 Å². The molecule has 2 aromatic rings. The monoisotopic (exact) mass is 434 g/mol. The van der Waals surface area contributed by atoms with Gasteiger partial charge < -0.3 is 15.4 Å². The maximum atomic E-state index is 14.1. The summed E-state index contributed by atoms with van der Waals surface area (Å²) in [6.07, 6.45) is -10.2. The Labute approximate surface area is 167 Å². The summed E-state index contributed by atoms with van der Waals surface area (Å²) in [7, 11) is 0. The van der Waals surface area contributed by atoms with Crippen LogP contribution >= 0.6 is 0 Å². The van der Waals surface area contributed by atoms with Gasteiger partial charge in [0.25, 0.3) is 5.54 Å². The molecule has 0 aliphatic carbocycles. The molecular weight excluding hydrogens is 418 g/mol. The van der Waals surface area contributed by atoms with Crippen LogP contribution in [0.4, 0.5) is 36.8 Å². The molecular formula is C19H16F6N2O3. The van der Waals surface area contributed by atoms with E-state index in [2.05, 4.69) is 4.74 Å². The zero-order valence-electron chi connectivity index (χ0n) is 15.4. The number of rotatable bonds is 5. The van der Waals surface area contributed by atoms with Crippen LogP contribution in [0.5, 0.6) is 0 Å². The second-order valence-corrected chi connectivity index (χ2v) is 5.96. The topological polar surface area (TPSA) is 67.4 Å². The zero-order chi connectivity index (χ0) is 22.6. The van der Waals surface area contributed by atoms with E-state index in [0.717, 1.165) is 30.3 Å². The van der Waals surface area contributed by atoms with Crippen molar-refractivity contribution in [2.45, 2.75) is 24.8 Å². The van der Waals surface area contributed by atoms with Gasteiger partial charge in [0.05, 0.1) is 17.9 Å². The predicted molar refractivity (Wildman–Crippen MR) is 94.4 cm³/mol. The number of hydrogen-bond donors (Lipinski definition) is 2. The molecule has 5 nitrogen and oxygen atoms in total. The third kappa shape index (κ3) is 4.66. The molecule has 0 heterocycles. The Balaban J connectivity index is 2.50.